The number of aromatic nitrogens is 4. The zero-order valence-corrected chi connectivity index (χ0v) is 37.3. The highest BCUT2D eigenvalue weighted by atomic mass is 16.5. The van der Waals surface area contributed by atoms with E-state index in [1.165, 1.54) is 25.3 Å². The van der Waals surface area contributed by atoms with Crippen molar-refractivity contribution in [3.8, 4) is 23.7 Å². The summed E-state index contributed by atoms with van der Waals surface area (Å²) < 4.78 is 9.55. The number of imidazole rings is 2. The minimum atomic E-state index is -0.702. The van der Waals surface area contributed by atoms with E-state index in [1.807, 2.05) is 27.7 Å². The number of alkyl carbamates (subject to hydrolysis) is 2. The van der Waals surface area contributed by atoms with E-state index in [2.05, 4.69) is 87.6 Å². The minimum absolute atomic E-state index is 0.117. The second-order valence-electron chi connectivity index (χ2n) is 17.4. The number of nitrogens with zero attached hydrogens (tertiary/aromatic N) is 4. The first-order chi connectivity index (χ1) is 30.3. The van der Waals surface area contributed by atoms with E-state index < -0.39 is 24.3 Å². The highest BCUT2D eigenvalue weighted by molar-refractivity contribution is 5.87. The van der Waals surface area contributed by atoms with Gasteiger partial charge < -0.3 is 39.9 Å². The van der Waals surface area contributed by atoms with Gasteiger partial charge in [0, 0.05) is 36.6 Å². The SMILES string of the molecule is COC(=O)N[C@H](C(=O)N1CCC[C@H]1c1nc(C#Cc2cc3ccc2CCc2ccc(c(C#Cc4c[nH]c([C@@H]5CCCN5C(=O)[C@@H](NC(=O)OC)C(C)C)n4)c2)C[C@H]3C)c[nH]1)C(C)C. The number of hydrogen-bond acceptors (Lipinski definition) is 8. The van der Waals surface area contributed by atoms with Crippen molar-refractivity contribution in [3.63, 3.8) is 0 Å². The molecule has 4 heterocycles. The summed E-state index contributed by atoms with van der Waals surface area (Å²) in [6.45, 7) is 11.0. The van der Waals surface area contributed by atoms with Gasteiger partial charge in [-0.15, -0.1) is 0 Å². The van der Waals surface area contributed by atoms with E-state index in [0.29, 0.717) is 36.1 Å². The van der Waals surface area contributed by atoms with Crippen molar-refractivity contribution in [2.75, 3.05) is 27.3 Å². The number of methoxy groups -OCH3 is 2. The number of carbonyl (C=O) groups is 4. The number of H-pyrrole nitrogens is 2. The first kappa shape index (κ1) is 44.5. The molecule has 6 aliphatic rings. The summed E-state index contributed by atoms with van der Waals surface area (Å²) in [6.07, 6.45) is 7.91. The number of carbonyl (C=O) groups excluding carboxylic acids is 4. The summed E-state index contributed by atoms with van der Waals surface area (Å²) in [5.74, 6) is 14.5. The number of hydrogen-bond donors (Lipinski definition) is 4. The van der Waals surface area contributed by atoms with Crippen molar-refractivity contribution in [1.29, 1.82) is 0 Å². The summed E-state index contributed by atoms with van der Waals surface area (Å²) in [5.41, 5.74) is 7.82. The summed E-state index contributed by atoms with van der Waals surface area (Å²) in [5, 5.41) is 5.41. The first-order valence-corrected chi connectivity index (χ1v) is 22.0. The van der Waals surface area contributed by atoms with E-state index in [9.17, 15) is 19.2 Å². The number of benzene rings is 2. The van der Waals surface area contributed by atoms with E-state index >= 15 is 0 Å². The lowest BCUT2D eigenvalue weighted by Gasteiger charge is -2.29. The number of likely N-dealkylation sites (tertiary alicyclic amines) is 2. The minimum Gasteiger partial charge on any atom is -0.453 e. The molecule has 2 aromatic heterocycles. The van der Waals surface area contributed by atoms with Gasteiger partial charge in [-0.3, -0.25) is 9.59 Å². The third-order valence-corrected chi connectivity index (χ3v) is 12.4. The van der Waals surface area contributed by atoms with E-state index in [1.54, 1.807) is 22.2 Å². The predicted octanol–water partition coefficient (Wildman–Crippen LogP) is 6.47. The van der Waals surface area contributed by atoms with Crippen LogP contribution in [0, 0.1) is 35.5 Å². The van der Waals surface area contributed by atoms with Gasteiger partial charge in [-0.05, 0) is 109 Å². The molecule has 330 valence electrons. The molecular weight excluding hydrogens is 797 g/mol. The van der Waals surface area contributed by atoms with Crippen LogP contribution in [0.3, 0.4) is 0 Å². The van der Waals surface area contributed by atoms with Gasteiger partial charge in [0.05, 0.1) is 26.3 Å². The molecule has 0 saturated carbocycles. The molecular formula is C49H58N8O6. The molecule has 2 aromatic carbocycles. The average molecular weight is 855 g/mol. The average Bonchev–Trinajstić information content (AvgIpc) is 4.12. The maximum absolute atomic E-state index is 13.6. The van der Waals surface area contributed by atoms with Crippen molar-refractivity contribution in [2.24, 2.45) is 11.8 Å². The third-order valence-electron chi connectivity index (χ3n) is 12.4. The lowest BCUT2D eigenvalue weighted by Crippen LogP contribution is -2.51. The predicted molar refractivity (Wildman–Crippen MR) is 237 cm³/mol. The quantitative estimate of drug-likeness (QED) is 0.146. The van der Waals surface area contributed by atoms with Crippen LogP contribution in [0.2, 0.25) is 0 Å². The van der Waals surface area contributed by atoms with Gasteiger partial charge in [0.15, 0.2) is 0 Å². The standard InChI is InChI=1S/C49H58N8O6/c1-29(2)42(54-48(60)62-6)46(58)56-22-8-10-40(56)44-50-27-38(52-44)20-18-36-25-32-12-14-33-16-17-34(31(5)24-35(36)15-13-32)26-37(33)19-21-39-28-51-45(53-39)41-11-9-23-57(41)47(59)43(30(3)4)55-49(61)63-7/h13,15-17,25-31,40-43H,8-12,14,22-24H2,1-7H3,(H,50,52)(H,51,53)(H,54,60)(H,55,61)/t31-,40+,41+,42+,43+/m1/s1. The Kier molecular flexibility index (Phi) is 13.9. The number of aromatic amines is 2. The van der Waals surface area contributed by atoms with Gasteiger partial charge in [0.2, 0.25) is 11.8 Å². The molecule has 14 heteroatoms. The Morgan fingerprint density at radius 3 is 1.71 bits per heavy atom. The fraction of sp³-hybridized carbons (Fsp3) is 0.469. The Morgan fingerprint density at radius 2 is 1.21 bits per heavy atom. The fourth-order valence-electron chi connectivity index (χ4n) is 8.83. The molecule has 0 radical (unpaired) electrons. The Labute approximate surface area is 369 Å². The number of rotatable bonds is 8. The zero-order valence-electron chi connectivity index (χ0n) is 37.3. The topological polar surface area (TPSA) is 175 Å². The van der Waals surface area contributed by atoms with Crippen LogP contribution in [0.15, 0.2) is 48.8 Å². The van der Waals surface area contributed by atoms with Crippen molar-refractivity contribution in [2.45, 2.75) is 110 Å². The largest absolute Gasteiger partial charge is 0.453 e. The Bertz CT molecular complexity index is 2460. The van der Waals surface area contributed by atoms with Crippen molar-refractivity contribution < 1.29 is 28.7 Å². The number of amides is 4. The van der Waals surface area contributed by atoms with Crippen molar-refractivity contribution in [1.82, 2.24) is 40.4 Å². The highest BCUT2D eigenvalue weighted by Gasteiger charge is 2.39. The maximum Gasteiger partial charge on any atom is 0.407 e. The molecule has 4 N–H and O–H groups in total. The van der Waals surface area contributed by atoms with Crippen LogP contribution in [0.5, 0.6) is 0 Å². The molecule has 2 aliphatic heterocycles. The Morgan fingerprint density at radius 1 is 0.698 bits per heavy atom. The molecule has 0 unspecified atom stereocenters. The molecule has 4 bridgehead atoms. The van der Waals surface area contributed by atoms with Gasteiger partial charge in [-0.25, -0.2) is 19.6 Å². The molecule has 4 aliphatic carbocycles. The number of ether oxygens (including phenoxy) is 2. The summed E-state index contributed by atoms with van der Waals surface area (Å²) in [7, 11) is 2.58. The van der Waals surface area contributed by atoms with E-state index in [-0.39, 0.29) is 41.7 Å². The van der Waals surface area contributed by atoms with Crippen LogP contribution < -0.4 is 10.6 Å². The summed E-state index contributed by atoms with van der Waals surface area (Å²) in [6, 6.07) is 11.3. The molecule has 0 spiro atoms. The van der Waals surface area contributed by atoms with E-state index in [0.717, 1.165) is 67.2 Å². The van der Waals surface area contributed by atoms with Crippen LogP contribution in [-0.2, 0) is 38.3 Å². The Hall–Kier alpha value is -6.54. The smallest absolute Gasteiger partial charge is 0.407 e. The molecule has 63 heavy (non-hydrogen) atoms. The second kappa shape index (κ2) is 19.7. The van der Waals surface area contributed by atoms with Crippen molar-refractivity contribution >= 4 is 24.0 Å². The van der Waals surface area contributed by atoms with Gasteiger partial charge >= 0.3 is 12.2 Å². The van der Waals surface area contributed by atoms with Gasteiger partial charge in [-0.2, -0.15) is 0 Å². The zero-order chi connectivity index (χ0) is 44.8. The molecule has 14 nitrogen and oxygen atoms in total. The molecule has 2 saturated heterocycles. The fourth-order valence-corrected chi connectivity index (χ4v) is 8.83. The molecule has 10 rings (SSSR count). The summed E-state index contributed by atoms with van der Waals surface area (Å²) in [4.78, 5) is 71.1. The monoisotopic (exact) mass is 854 g/mol. The second-order valence-corrected chi connectivity index (χ2v) is 17.4. The molecule has 4 aromatic rings. The maximum atomic E-state index is 13.6. The molecule has 4 amide bonds. The lowest BCUT2D eigenvalue weighted by atomic mass is 9.86. The molecule has 5 atom stereocenters. The molecule has 2 fully saturated rings. The highest BCUT2D eigenvalue weighted by Crippen LogP contribution is 2.33. The van der Waals surface area contributed by atoms with Crippen molar-refractivity contribution in [3.05, 3.63) is 105 Å². The Balaban J connectivity index is 1.05. The van der Waals surface area contributed by atoms with Crippen LogP contribution in [0.25, 0.3) is 0 Å². The van der Waals surface area contributed by atoms with Gasteiger partial charge in [-0.1, -0.05) is 70.7 Å². The number of aryl methyl sites for hydroxylation is 2. The normalized spacial score (nSPS) is 19.0. The lowest BCUT2D eigenvalue weighted by molar-refractivity contribution is -0.136. The first-order valence-electron chi connectivity index (χ1n) is 22.0. The third kappa shape index (κ3) is 10.2. The van der Waals surface area contributed by atoms with Gasteiger partial charge in [0.25, 0.3) is 0 Å². The number of nitrogens with one attached hydrogen (secondary N) is 4. The van der Waals surface area contributed by atoms with Gasteiger partial charge in [0.1, 0.15) is 35.1 Å². The summed E-state index contributed by atoms with van der Waals surface area (Å²) >= 11 is 0. The van der Waals surface area contributed by atoms with Crippen LogP contribution in [0.4, 0.5) is 9.59 Å². The van der Waals surface area contributed by atoms with Crippen LogP contribution >= 0.6 is 0 Å². The van der Waals surface area contributed by atoms with Crippen LogP contribution in [-0.4, -0.2) is 93.1 Å². The van der Waals surface area contributed by atoms with E-state index in [4.69, 9.17) is 19.4 Å². The van der Waals surface area contributed by atoms with Crippen LogP contribution in [0.1, 0.15) is 135 Å².